The number of hydrogen-bond donors (Lipinski definition) is 2. The van der Waals surface area contributed by atoms with Crippen LogP contribution in [0.25, 0.3) is 0 Å². The molecule has 0 aliphatic rings. The minimum absolute atomic E-state index is 0.281. The van der Waals surface area contributed by atoms with Crippen molar-refractivity contribution >= 4 is 17.2 Å². The van der Waals surface area contributed by atoms with E-state index >= 15 is 0 Å². The molecular formula is C15H24N2O2S. The van der Waals surface area contributed by atoms with E-state index in [1.165, 1.54) is 0 Å². The van der Waals surface area contributed by atoms with Crippen molar-refractivity contribution in [2.45, 2.75) is 25.9 Å². The molecule has 1 aromatic carbocycles. The van der Waals surface area contributed by atoms with Crippen LogP contribution in [0, 0.1) is 0 Å². The largest absolute Gasteiger partial charge is 0.491 e. The molecule has 0 amide bonds. The molecule has 3 N–H and O–H groups in total. The average Bonchev–Trinajstić information content (AvgIpc) is 2.43. The Bertz CT molecular complexity index is 409. The van der Waals surface area contributed by atoms with Crippen LogP contribution in [0.2, 0.25) is 0 Å². The standard InChI is InChI=1S/C15H24N2O2S/c1-3-4-9-17(2)10-13(18)11-19-14-7-5-12(6-8-14)15(16)20/h5-8,13,18H,3-4,9-11H2,1-2H3,(H2,16,20). The molecule has 0 heterocycles. The molecule has 5 heteroatoms. The van der Waals surface area contributed by atoms with Gasteiger partial charge < -0.3 is 20.5 Å². The summed E-state index contributed by atoms with van der Waals surface area (Å²) in [4.78, 5) is 2.49. The van der Waals surface area contributed by atoms with E-state index in [9.17, 15) is 5.11 Å². The van der Waals surface area contributed by atoms with Gasteiger partial charge in [0.25, 0.3) is 0 Å². The zero-order chi connectivity index (χ0) is 15.0. The fraction of sp³-hybridized carbons (Fsp3) is 0.533. The van der Waals surface area contributed by atoms with Crippen molar-refractivity contribution in [2.75, 3.05) is 26.7 Å². The van der Waals surface area contributed by atoms with Gasteiger partial charge in [0.2, 0.25) is 0 Å². The van der Waals surface area contributed by atoms with Crippen molar-refractivity contribution in [3.05, 3.63) is 29.8 Å². The molecule has 1 atom stereocenters. The maximum atomic E-state index is 9.92. The number of ether oxygens (including phenoxy) is 1. The third-order valence-corrected chi connectivity index (χ3v) is 3.23. The summed E-state index contributed by atoms with van der Waals surface area (Å²) in [6, 6.07) is 7.25. The number of nitrogens with zero attached hydrogens (tertiary/aromatic N) is 1. The summed E-state index contributed by atoms with van der Waals surface area (Å²) in [6.45, 7) is 4.05. The molecular weight excluding hydrogens is 272 g/mol. The predicted molar refractivity (Wildman–Crippen MR) is 86.2 cm³/mol. The van der Waals surface area contributed by atoms with Crippen molar-refractivity contribution in [1.82, 2.24) is 4.90 Å². The van der Waals surface area contributed by atoms with Gasteiger partial charge in [-0.05, 0) is 44.3 Å². The van der Waals surface area contributed by atoms with Gasteiger partial charge >= 0.3 is 0 Å². The Morgan fingerprint density at radius 3 is 2.60 bits per heavy atom. The Balaban J connectivity index is 2.33. The summed E-state index contributed by atoms with van der Waals surface area (Å²) >= 11 is 4.89. The molecule has 4 nitrogen and oxygen atoms in total. The lowest BCUT2D eigenvalue weighted by Gasteiger charge is -2.20. The third-order valence-electron chi connectivity index (χ3n) is 3.00. The van der Waals surface area contributed by atoms with Crippen LogP contribution in [0.3, 0.4) is 0 Å². The highest BCUT2D eigenvalue weighted by atomic mass is 32.1. The van der Waals surface area contributed by atoms with Crippen LogP contribution in [-0.2, 0) is 0 Å². The first kappa shape index (κ1) is 16.9. The van der Waals surface area contributed by atoms with Gasteiger partial charge in [-0.25, -0.2) is 0 Å². The molecule has 0 saturated carbocycles. The van der Waals surface area contributed by atoms with Gasteiger partial charge in [0.05, 0.1) is 0 Å². The number of rotatable bonds is 9. The molecule has 1 aromatic rings. The number of thiocarbonyl (C=S) groups is 1. The zero-order valence-corrected chi connectivity index (χ0v) is 13.0. The highest BCUT2D eigenvalue weighted by Gasteiger charge is 2.09. The topological polar surface area (TPSA) is 58.7 Å². The number of hydrogen-bond acceptors (Lipinski definition) is 4. The molecule has 0 aliphatic carbocycles. The number of aliphatic hydroxyl groups is 1. The fourth-order valence-electron chi connectivity index (χ4n) is 1.84. The highest BCUT2D eigenvalue weighted by Crippen LogP contribution is 2.12. The van der Waals surface area contributed by atoms with E-state index in [-0.39, 0.29) is 6.61 Å². The summed E-state index contributed by atoms with van der Waals surface area (Å²) < 4.78 is 5.55. The lowest BCUT2D eigenvalue weighted by atomic mass is 10.2. The SMILES string of the molecule is CCCCN(C)CC(O)COc1ccc(C(N)=S)cc1. The van der Waals surface area contributed by atoms with Crippen LogP contribution in [0.4, 0.5) is 0 Å². The third kappa shape index (κ3) is 6.32. The van der Waals surface area contributed by atoms with Gasteiger partial charge in [0.15, 0.2) is 0 Å². The van der Waals surface area contributed by atoms with E-state index in [1.807, 2.05) is 31.3 Å². The molecule has 20 heavy (non-hydrogen) atoms. The van der Waals surface area contributed by atoms with Gasteiger partial charge in [-0.3, -0.25) is 0 Å². The van der Waals surface area contributed by atoms with E-state index in [2.05, 4.69) is 11.8 Å². The zero-order valence-electron chi connectivity index (χ0n) is 12.2. The normalized spacial score (nSPS) is 12.4. The maximum Gasteiger partial charge on any atom is 0.119 e. The molecule has 0 aromatic heterocycles. The van der Waals surface area contributed by atoms with Gasteiger partial charge in [-0.2, -0.15) is 0 Å². The van der Waals surface area contributed by atoms with E-state index in [4.69, 9.17) is 22.7 Å². The van der Waals surface area contributed by atoms with Crippen LogP contribution < -0.4 is 10.5 Å². The summed E-state index contributed by atoms with van der Waals surface area (Å²) in [5, 5.41) is 9.92. The van der Waals surface area contributed by atoms with E-state index in [1.54, 1.807) is 0 Å². The van der Waals surface area contributed by atoms with Crippen LogP contribution in [-0.4, -0.2) is 47.8 Å². The molecule has 0 saturated heterocycles. The molecule has 0 fully saturated rings. The van der Waals surface area contributed by atoms with Crippen LogP contribution in [0.1, 0.15) is 25.3 Å². The van der Waals surface area contributed by atoms with E-state index in [0.29, 0.717) is 17.3 Å². The van der Waals surface area contributed by atoms with Crippen molar-refractivity contribution in [2.24, 2.45) is 5.73 Å². The monoisotopic (exact) mass is 296 g/mol. The molecule has 0 bridgehead atoms. The van der Waals surface area contributed by atoms with Crippen molar-refractivity contribution in [3.8, 4) is 5.75 Å². The van der Waals surface area contributed by atoms with Crippen molar-refractivity contribution in [3.63, 3.8) is 0 Å². The number of likely N-dealkylation sites (N-methyl/N-ethyl adjacent to an activating group) is 1. The average molecular weight is 296 g/mol. The summed E-state index contributed by atoms with van der Waals surface area (Å²) in [7, 11) is 2.01. The number of aliphatic hydroxyl groups excluding tert-OH is 1. The molecule has 0 spiro atoms. The molecule has 1 unspecified atom stereocenters. The van der Waals surface area contributed by atoms with Gasteiger partial charge in [-0.15, -0.1) is 0 Å². The van der Waals surface area contributed by atoms with E-state index < -0.39 is 6.10 Å². The summed E-state index contributed by atoms with van der Waals surface area (Å²) in [5.74, 6) is 0.709. The second-order valence-corrected chi connectivity index (χ2v) is 5.41. The number of benzene rings is 1. The highest BCUT2D eigenvalue weighted by molar-refractivity contribution is 7.80. The fourth-order valence-corrected chi connectivity index (χ4v) is 1.98. The van der Waals surface area contributed by atoms with E-state index in [0.717, 1.165) is 24.9 Å². The first-order chi connectivity index (χ1) is 9.52. The van der Waals surface area contributed by atoms with Crippen molar-refractivity contribution in [1.29, 1.82) is 0 Å². The Morgan fingerprint density at radius 1 is 1.40 bits per heavy atom. The lowest BCUT2D eigenvalue weighted by Crippen LogP contribution is -2.33. The minimum atomic E-state index is -0.493. The van der Waals surface area contributed by atoms with Gasteiger partial charge in [-0.1, -0.05) is 25.6 Å². The maximum absolute atomic E-state index is 9.92. The second-order valence-electron chi connectivity index (χ2n) is 4.97. The Hall–Kier alpha value is -1.17. The van der Waals surface area contributed by atoms with Crippen LogP contribution in [0.5, 0.6) is 5.75 Å². The second kappa shape index (κ2) is 8.89. The summed E-state index contributed by atoms with van der Waals surface area (Å²) in [5.41, 5.74) is 6.34. The Kier molecular flexibility index (Phi) is 7.51. The number of unbranched alkanes of at least 4 members (excludes halogenated alkanes) is 1. The van der Waals surface area contributed by atoms with Gasteiger partial charge in [0, 0.05) is 12.1 Å². The molecule has 112 valence electrons. The minimum Gasteiger partial charge on any atom is -0.491 e. The first-order valence-electron chi connectivity index (χ1n) is 6.92. The van der Waals surface area contributed by atoms with Crippen LogP contribution >= 0.6 is 12.2 Å². The predicted octanol–water partition coefficient (Wildman–Crippen LogP) is 1.79. The van der Waals surface area contributed by atoms with Gasteiger partial charge in [0.1, 0.15) is 23.4 Å². The number of nitrogens with two attached hydrogens (primary N) is 1. The molecule has 1 rings (SSSR count). The quantitative estimate of drug-likeness (QED) is 0.680. The first-order valence-corrected chi connectivity index (χ1v) is 7.33. The molecule has 0 radical (unpaired) electrons. The Labute approximate surface area is 126 Å². The molecule has 0 aliphatic heterocycles. The summed E-state index contributed by atoms with van der Waals surface area (Å²) in [6.07, 6.45) is 1.81. The lowest BCUT2D eigenvalue weighted by molar-refractivity contribution is 0.0760. The van der Waals surface area contributed by atoms with Crippen molar-refractivity contribution < 1.29 is 9.84 Å². The smallest absolute Gasteiger partial charge is 0.119 e. The Morgan fingerprint density at radius 2 is 2.05 bits per heavy atom. The van der Waals surface area contributed by atoms with Crippen LogP contribution in [0.15, 0.2) is 24.3 Å².